The molecule has 1 aliphatic carbocycles. The summed E-state index contributed by atoms with van der Waals surface area (Å²) in [6, 6.07) is 12.8. The van der Waals surface area contributed by atoms with Gasteiger partial charge in [0.2, 0.25) is 5.82 Å². The molecule has 4 heterocycles. The van der Waals surface area contributed by atoms with E-state index >= 15 is 0 Å². The van der Waals surface area contributed by atoms with Gasteiger partial charge in [-0.3, -0.25) is 9.59 Å². The summed E-state index contributed by atoms with van der Waals surface area (Å²) in [6.07, 6.45) is 3.04. The van der Waals surface area contributed by atoms with Gasteiger partial charge in [-0.2, -0.15) is 0 Å². The second-order valence-corrected chi connectivity index (χ2v) is 10.1. The largest absolute Gasteiger partial charge is 0.481 e. The Morgan fingerprint density at radius 3 is 2.58 bits per heavy atom. The fourth-order valence-corrected chi connectivity index (χ4v) is 5.85. The quantitative estimate of drug-likeness (QED) is 0.664. The number of carbonyl (C=O) groups excluding carboxylic acids is 1. The zero-order valence-corrected chi connectivity index (χ0v) is 18.8. The molecular formula is C25H27N5O3. The molecule has 170 valence electrons. The van der Waals surface area contributed by atoms with Crippen molar-refractivity contribution in [3.05, 3.63) is 59.5 Å². The highest BCUT2D eigenvalue weighted by molar-refractivity contribution is 5.92. The number of hydrogen-bond donors (Lipinski definition) is 1. The van der Waals surface area contributed by atoms with Crippen LogP contribution in [0.5, 0.6) is 0 Å². The van der Waals surface area contributed by atoms with Gasteiger partial charge in [0, 0.05) is 31.6 Å². The van der Waals surface area contributed by atoms with E-state index in [2.05, 4.69) is 58.3 Å². The molecule has 3 atom stereocenters. The number of benzene rings is 1. The first-order chi connectivity index (χ1) is 15.8. The fraction of sp³-hybridized carbons (Fsp3) is 0.440. The molecule has 6 rings (SSSR count). The number of aromatic nitrogens is 3. The number of fused-ring (bicyclic) bond motifs is 2. The Kier molecular flexibility index (Phi) is 4.31. The van der Waals surface area contributed by atoms with E-state index in [0.29, 0.717) is 18.7 Å². The Labute approximate surface area is 191 Å². The average Bonchev–Trinajstić information content (AvgIpc) is 3.19. The van der Waals surface area contributed by atoms with Gasteiger partial charge in [0.15, 0.2) is 5.65 Å². The third kappa shape index (κ3) is 3.19. The van der Waals surface area contributed by atoms with E-state index in [1.54, 1.807) is 9.42 Å². The lowest BCUT2D eigenvalue weighted by molar-refractivity contribution is -0.139. The van der Waals surface area contributed by atoms with Crippen molar-refractivity contribution in [2.75, 3.05) is 31.1 Å². The molecule has 2 unspecified atom stereocenters. The van der Waals surface area contributed by atoms with Crippen LogP contribution in [0.3, 0.4) is 0 Å². The van der Waals surface area contributed by atoms with E-state index in [4.69, 9.17) is 0 Å². The van der Waals surface area contributed by atoms with E-state index in [-0.39, 0.29) is 34.9 Å². The maximum Gasteiger partial charge on any atom is 0.307 e. The second-order valence-electron chi connectivity index (χ2n) is 10.1. The molecule has 0 spiro atoms. The van der Waals surface area contributed by atoms with Gasteiger partial charge >= 0.3 is 5.97 Å². The Morgan fingerprint density at radius 2 is 1.88 bits per heavy atom. The highest BCUT2D eigenvalue weighted by atomic mass is 16.4. The highest BCUT2D eigenvalue weighted by Gasteiger charge is 2.60. The van der Waals surface area contributed by atoms with Crippen molar-refractivity contribution in [2.45, 2.75) is 25.7 Å². The van der Waals surface area contributed by atoms with Crippen molar-refractivity contribution in [3.8, 4) is 0 Å². The number of rotatable bonds is 4. The van der Waals surface area contributed by atoms with Crippen LogP contribution in [0.1, 0.15) is 35.1 Å². The molecule has 2 saturated heterocycles. The summed E-state index contributed by atoms with van der Waals surface area (Å²) in [6.45, 7) is 7.15. The first-order valence-electron chi connectivity index (χ1n) is 11.5. The number of carboxylic acid groups (broad SMARTS) is 1. The normalized spacial score (nSPS) is 28.4. The van der Waals surface area contributed by atoms with Crippen LogP contribution < -0.4 is 4.90 Å². The molecule has 2 aliphatic heterocycles. The third-order valence-corrected chi connectivity index (χ3v) is 7.87. The lowest BCUT2D eigenvalue weighted by Crippen LogP contribution is -2.33. The second kappa shape index (κ2) is 7.04. The molecule has 8 nitrogen and oxygen atoms in total. The summed E-state index contributed by atoms with van der Waals surface area (Å²) in [7, 11) is 0. The molecule has 2 aromatic heterocycles. The Balaban J connectivity index is 1.22. The number of aryl methyl sites for hydroxylation is 1. The van der Waals surface area contributed by atoms with Gasteiger partial charge in [-0.1, -0.05) is 37.3 Å². The Hall–Kier alpha value is -3.42. The highest BCUT2D eigenvalue weighted by Crippen LogP contribution is 2.51. The van der Waals surface area contributed by atoms with Crippen molar-refractivity contribution in [1.29, 1.82) is 0 Å². The van der Waals surface area contributed by atoms with Crippen molar-refractivity contribution < 1.29 is 14.7 Å². The number of aliphatic carboxylic acids is 1. The van der Waals surface area contributed by atoms with Gasteiger partial charge in [0.05, 0.1) is 17.8 Å². The molecule has 1 aromatic carbocycles. The molecular weight excluding hydrogens is 418 g/mol. The molecule has 3 aliphatic rings. The predicted molar refractivity (Wildman–Crippen MR) is 122 cm³/mol. The summed E-state index contributed by atoms with van der Waals surface area (Å²) in [5.74, 6) is -0.934. The minimum Gasteiger partial charge on any atom is -0.481 e. The number of hydrogen-bond acceptors (Lipinski definition) is 5. The van der Waals surface area contributed by atoms with Crippen LogP contribution >= 0.6 is 0 Å². The zero-order valence-electron chi connectivity index (χ0n) is 18.8. The number of pyridine rings is 1. The maximum absolute atomic E-state index is 13.0. The third-order valence-electron chi connectivity index (χ3n) is 7.87. The van der Waals surface area contributed by atoms with Crippen molar-refractivity contribution in [3.63, 3.8) is 0 Å². The lowest BCUT2D eigenvalue weighted by Gasteiger charge is -2.26. The minimum atomic E-state index is -0.753. The predicted octanol–water partition coefficient (Wildman–Crippen LogP) is 2.61. The number of anilines is 1. The smallest absolute Gasteiger partial charge is 0.307 e. The number of piperidine rings is 1. The van der Waals surface area contributed by atoms with Crippen LogP contribution in [0.2, 0.25) is 0 Å². The van der Waals surface area contributed by atoms with Crippen molar-refractivity contribution in [1.82, 2.24) is 19.5 Å². The van der Waals surface area contributed by atoms with Crippen LogP contribution in [0, 0.1) is 24.7 Å². The Bertz CT molecular complexity index is 1260. The first-order valence-corrected chi connectivity index (χ1v) is 11.5. The van der Waals surface area contributed by atoms with Crippen molar-refractivity contribution in [2.24, 2.45) is 17.8 Å². The standard InChI is InChI=1S/C25H27N5O3/c1-15-10-17(28-9-8-25(2,14-28)16-6-4-3-5-7-16)11-30-22(15)26-21(27-30)23(31)29-12-18-19(13-29)20(18)24(32)33/h3-7,10-11,18-20H,8-9,12-14H2,1-2H3,(H,32,33)/t18?,19?,20?,25-/m0/s1. The number of likely N-dealkylation sites (tertiary alicyclic amines) is 1. The maximum atomic E-state index is 13.0. The fourth-order valence-electron chi connectivity index (χ4n) is 5.85. The molecule has 1 saturated carbocycles. The van der Waals surface area contributed by atoms with Gasteiger partial charge in [0.1, 0.15) is 0 Å². The molecule has 0 bridgehead atoms. The molecule has 33 heavy (non-hydrogen) atoms. The molecule has 3 aromatic rings. The van der Waals surface area contributed by atoms with Gasteiger partial charge < -0.3 is 14.9 Å². The summed E-state index contributed by atoms with van der Waals surface area (Å²) >= 11 is 0. The zero-order chi connectivity index (χ0) is 22.9. The molecule has 3 fully saturated rings. The van der Waals surface area contributed by atoms with Gasteiger partial charge in [-0.05, 0) is 42.4 Å². The topological polar surface area (TPSA) is 91.0 Å². The SMILES string of the molecule is Cc1cc(N2CC[C@](C)(c3ccccc3)C2)cn2nc(C(=O)N3CC4C(C3)C4C(=O)O)nc12. The van der Waals surface area contributed by atoms with Gasteiger partial charge in [-0.15, -0.1) is 5.10 Å². The van der Waals surface area contributed by atoms with Gasteiger partial charge in [-0.25, -0.2) is 9.50 Å². The van der Waals surface area contributed by atoms with Crippen molar-refractivity contribution >= 4 is 23.2 Å². The monoisotopic (exact) mass is 445 g/mol. The van der Waals surface area contributed by atoms with E-state index in [1.165, 1.54) is 5.56 Å². The van der Waals surface area contributed by atoms with Gasteiger partial charge in [0.25, 0.3) is 5.91 Å². The minimum absolute atomic E-state index is 0.0749. The first kappa shape index (κ1) is 20.2. The van der Waals surface area contributed by atoms with Crippen LogP contribution in [-0.4, -0.2) is 62.7 Å². The van der Waals surface area contributed by atoms with E-state index in [9.17, 15) is 14.7 Å². The van der Waals surface area contributed by atoms with Crippen LogP contribution in [-0.2, 0) is 10.2 Å². The Morgan fingerprint density at radius 1 is 1.15 bits per heavy atom. The van der Waals surface area contributed by atoms with Crippen LogP contribution in [0.25, 0.3) is 5.65 Å². The van der Waals surface area contributed by atoms with Crippen LogP contribution in [0.15, 0.2) is 42.6 Å². The van der Waals surface area contributed by atoms with E-state index < -0.39 is 5.97 Å². The number of amides is 1. The molecule has 1 N–H and O–H groups in total. The molecule has 1 amide bonds. The summed E-state index contributed by atoms with van der Waals surface area (Å²) in [4.78, 5) is 32.8. The molecule has 8 heteroatoms. The summed E-state index contributed by atoms with van der Waals surface area (Å²) in [5.41, 5.74) is 4.18. The number of carbonyl (C=O) groups is 2. The summed E-state index contributed by atoms with van der Waals surface area (Å²) in [5, 5.41) is 13.7. The lowest BCUT2D eigenvalue weighted by atomic mass is 9.82. The molecule has 0 radical (unpaired) electrons. The average molecular weight is 446 g/mol. The van der Waals surface area contributed by atoms with E-state index in [0.717, 1.165) is 30.8 Å². The summed E-state index contributed by atoms with van der Waals surface area (Å²) < 4.78 is 1.72. The number of nitrogens with zero attached hydrogens (tertiary/aromatic N) is 5. The number of carboxylic acids is 1. The van der Waals surface area contributed by atoms with Crippen LogP contribution in [0.4, 0.5) is 5.69 Å². The van der Waals surface area contributed by atoms with E-state index in [1.807, 2.05) is 13.1 Å².